The molecule has 23 heavy (non-hydrogen) atoms. The van der Waals surface area contributed by atoms with Crippen LogP contribution in [0.5, 0.6) is 0 Å². The summed E-state index contributed by atoms with van der Waals surface area (Å²) in [6.45, 7) is 0. The lowest BCUT2D eigenvalue weighted by Gasteiger charge is -2.31. The van der Waals surface area contributed by atoms with E-state index in [1.54, 1.807) is 10.8 Å². The molecule has 122 valence electrons. The van der Waals surface area contributed by atoms with Gasteiger partial charge in [0.05, 0.1) is 5.52 Å². The first-order chi connectivity index (χ1) is 11.2. The quantitative estimate of drug-likeness (QED) is 0.860. The summed E-state index contributed by atoms with van der Waals surface area (Å²) in [4.78, 5) is 26.6. The number of carbonyl (C=O) groups is 2. The Hall–Kier alpha value is -2.10. The summed E-state index contributed by atoms with van der Waals surface area (Å²) in [5.41, 5.74) is 0.908. The van der Waals surface area contributed by atoms with E-state index in [1.807, 2.05) is 42.3 Å². The Morgan fingerprint density at radius 2 is 1.83 bits per heavy atom. The fourth-order valence-electron chi connectivity index (χ4n) is 3.48. The standard InChI is InChI=1S/C19H24N2O2/c1-20(16-8-3-2-4-9-16)18(22)11-12-19(23)21-14-13-15-7-5-6-10-17(15)21/h5-7,10,13-14,16H,2-4,8-9,11-12H2,1H3. The normalized spacial score (nSPS) is 15.7. The van der Waals surface area contributed by atoms with E-state index in [0.717, 1.165) is 23.7 Å². The van der Waals surface area contributed by atoms with Crippen LogP contribution in [0, 0.1) is 0 Å². The molecule has 0 radical (unpaired) electrons. The minimum Gasteiger partial charge on any atom is -0.343 e. The van der Waals surface area contributed by atoms with Gasteiger partial charge in [-0.2, -0.15) is 0 Å². The van der Waals surface area contributed by atoms with Crippen LogP contribution in [-0.4, -0.2) is 34.4 Å². The van der Waals surface area contributed by atoms with Crippen molar-refractivity contribution in [1.82, 2.24) is 9.47 Å². The maximum absolute atomic E-state index is 12.4. The second-order valence-electron chi connectivity index (χ2n) is 6.43. The van der Waals surface area contributed by atoms with Crippen molar-refractivity contribution >= 4 is 22.7 Å². The van der Waals surface area contributed by atoms with E-state index < -0.39 is 0 Å². The molecule has 0 atom stereocenters. The first kappa shape index (κ1) is 15.8. The Balaban J connectivity index is 1.59. The van der Waals surface area contributed by atoms with Crippen molar-refractivity contribution < 1.29 is 9.59 Å². The second-order valence-corrected chi connectivity index (χ2v) is 6.43. The molecule has 1 amide bonds. The fraction of sp³-hybridized carbons (Fsp3) is 0.474. The number of nitrogens with zero attached hydrogens (tertiary/aromatic N) is 2. The van der Waals surface area contributed by atoms with E-state index in [-0.39, 0.29) is 18.2 Å². The number of carbonyl (C=O) groups excluding carboxylic acids is 2. The minimum atomic E-state index is -0.0170. The molecule has 3 rings (SSSR count). The Bertz CT molecular complexity index is 698. The monoisotopic (exact) mass is 312 g/mol. The number of hydrogen-bond donors (Lipinski definition) is 0. The Kier molecular flexibility index (Phi) is 4.79. The van der Waals surface area contributed by atoms with Gasteiger partial charge in [-0.25, -0.2) is 0 Å². The average Bonchev–Trinajstić information content (AvgIpc) is 3.03. The predicted octanol–water partition coefficient (Wildman–Crippen LogP) is 3.85. The minimum absolute atomic E-state index is 0.0170. The molecule has 0 unspecified atom stereocenters. The summed E-state index contributed by atoms with van der Waals surface area (Å²) in [6.07, 6.45) is 8.22. The van der Waals surface area contributed by atoms with Gasteiger partial charge in [-0.1, -0.05) is 37.5 Å². The number of aromatic nitrogens is 1. The first-order valence-electron chi connectivity index (χ1n) is 8.52. The van der Waals surface area contributed by atoms with Crippen LogP contribution in [0.3, 0.4) is 0 Å². The summed E-state index contributed by atoms with van der Waals surface area (Å²) in [5.74, 6) is 0.0679. The number of rotatable bonds is 4. The van der Waals surface area contributed by atoms with E-state index >= 15 is 0 Å². The molecule has 1 aromatic carbocycles. The lowest BCUT2D eigenvalue weighted by molar-refractivity contribution is -0.132. The number of fused-ring (bicyclic) bond motifs is 1. The SMILES string of the molecule is CN(C(=O)CCC(=O)n1ccc2ccccc21)C1CCCCC1. The zero-order chi connectivity index (χ0) is 16.2. The van der Waals surface area contributed by atoms with Gasteiger partial charge >= 0.3 is 0 Å². The number of hydrogen-bond acceptors (Lipinski definition) is 2. The van der Waals surface area contributed by atoms with Crippen molar-refractivity contribution in [2.45, 2.75) is 51.0 Å². The molecule has 2 aromatic rings. The number of para-hydroxylation sites is 1. The largest absolute Gasteiger partial charge is 0.343 e. The molecule has 0 bridgehead atoms. The highest BCUT2D eigenvalue weighted by Crippen LogP contribution is 2.22. The molecule has 1 heterocycles. The van der Waals surface area contributed by atoms with Crippen LogP contribution in [0.4, 0.5) is 0 Å². The zero-order valence-corrected chi connectivity index (χ0v) is 13.7. The van der Waals surface area contributed by atoms with Crippen molar-refractivity contribution in [2.75, 3.05) is 7.05 Å². The average molecular weight is 312 g/mol. The Morgan fingerprint density at radius 1 is 1.09 bits per heavy atom. The second kappa shape index (κ2) is 6.99. The van der Waals surface area contributed by atoms with E-state index in [9.17, 15) is 9.59 Å². The molecule has 0 saturated heterocycles. The molecule has 1 saturated carbocycles. The van der Waals surface area contributed by atoms with Crippen LogP contribution in [0.25, 0.3) is 10.9 Å². The highest BCUT2D eigenvalue weighted by Gasteiger charge is 2.22. The molecule has 1 aromatic heterocycles. The van der Waals surface area contributed by atoms with E-state index in [1.165, 1.54) is 19.3 Å². The third kappa shape index (κ3) is 3.46. The molecule has 1 fully saturated rings. The highest BCUT2D eigenvalue weighted by molar-refractivity contribution is 5.93. The molecule has 1 aliphatic carbocycles. The molecule has 0 spiro atoms. The van der Waals surface area contributed by atoms with Gasteiger partial charge in [0.15, 0.2) is 0 Å². The van der Waals surface area contributed by atoms with Gasteiger partial charge in [0.25, 0.3) is 0 Å². The molecular formula is C19H24N2O2. The maximum atomic E-state index is 12.4. The van der Waals surface area contributed by atoms with Crippen LogP contribution in [-0.2, 0) is 4.79 Å². The summed E-state index contributed by atoms with van der Waals surface area (Å²) < 4.78 is 1.66. The van der Waals surface area contributed by atoms with Gasteiger partial charge in [0, 0.05) is 37.5 Å². The summed E-state index contributed by atoms with van der Waals surface area (Å²) in [5, 5.41) is 1.05. The van der Waals surface area contributed by atoms with Crippen molar-refractivity contribution in [3.63, 3.8) is 0 Å². The fourth-order valence-corrected chi connectivity index (χ4v) is 3.48. The highest BCUT2D eigenvalue weighted by atomic mass is 16.2. The van der Waals surface area contributed by atoms with Crippen LogP contribution >= 0.6 is 0 Å². The third-order valence-corrected chi connectivity index (χ3v) is 4.94. The van der Waals surface area contributed by atoms with Crippen molar-refractivity contribution in [1.29, 1.82) is 0 Å². The maximum Gasteiger partial charge on any atom is 0.231 e. The van der Waals surface area contributed by atoms with Crippen LogP contribution < -0.4 is 0 Å². The molecule has 4 heteroatoms. The lowest BCUT2D eigenvalue weighted by atomic mass is 9.94. The molecule has 1 aliphatic rings. The lowest BCUT2D eigenvalue weighted by Crippen LogP contribution is -2.38. The van der Waals surface area contributed by atoms with E-state index in [0.29, 0.717) is 12.5 Å². The summed E-state index contributed by atoms with van der Waals surface area (Å²) in [6, 6.07) is 10.1. The van der Waals surface area contributed by atoms with Crippen LogP contribution in [0.1, 0.15) is 49.7 Å². The van der Waals surface area contributed by atoms with E-state index in [2.05, 4.69) is 0 Å². The number of amides is 1. The van der Waals surface area contributed by atoms with Gasteiger partial charge in [-0.15, -0.1) is 0 Å². The summed E-state index contributed by atoms with van der Waals surface area (Å²) in [7, 11) is 1.88. The van der Waals surface area contributed by atoms with Gasteiger partial charge in [0.2, 0.25) is 11.8 Å². The van der Waals surface area contributed by atoms with Crippen LogP contribution in [0.15, 0.2) is 36.5 Å². The van der Waals surface area contributed by atoms with Gasteiger partial charge in [-0.3, -0.25) is 14.2 Å². The molecule has 0 aliphatic heterocycles. The Labute approximate surface area is 137 Å². The summed E-state index contributed by atoms with van der Waals surface area (Å²) >= 11 is 0. The third-order valence-electron chi connectivity index (χ3n) is 4.94. The zero-order valence-electron chi connectivity index (χ0n) is 13.7. The van der Waals surface area contributed by atoms with Gasteiger partial charge in [0.1, 0.15) is 0 Å². The predicted molar refractivity (Wildman–Crippen MR) is 91.4 cm³/mol. The topological polar surface area (TPSA) is 42.3 Å². The first-order valence-corrected chi connectivity index (χ1v) is 8.52. The van der Waals surface area contributed by atoms with Crippen molar-refractivity contribution in [2.24, 2.45) is 0 Å². The van der Waals surface area contributed by atoms with Gasteiger partial charge in [-0.05, 0) is 25.0 Å². The Morgan fingerprint density at radius 3 is 2.61 bits per heavy atom. The molecule has 0 N–H and O–H groups in total. The van der Waals surface area contributed by atoms with Crippen molar-refractivity contribution in [3.05, 3.63) is 36.5 Å². The van der Waals surface area contributed by atoms with Gasteiger partial charge < -0.3 is 4.90 Å². The molecular weight excluding hydrogens is 288 g/mol. The van der Waals surface area contributed by atoms with Crippen LogP contribution in [0.2, 0.25) is 0 Å². The molecule has 4 nitrogen and oxygen atoms in total. The van der Waals surface area contributed by atoms with E-state index in [4.69, 9.17) is 0 Å². The number of benzene rings is 1. The van der Waals surface area contributed by atoms with Crippen molar-refractivity contribution in [3.8, 4) is 0 Å². The smallest absolute Gasteiger partial charge is 0.231 e.